The van der Waals surface area contributed by atoms with Gasteiger partial charge in [0.25, 0.3) is 0 Å². The molecule has 79 valence electrons. The van der Waals surface area contributed by atoms with E-state index in [0.717, 1.165) is 18.9 Å². The second-order valence-electron chi connectivity index (χ2n) is 3.47. The van der Waals surface area contributed by atoms with Gasteiger partial charge in [0.2, 0.25) is 0 Å². The minimum Gasteiger partial charge on any atom is -0.355 e. The summed E-state index contributed by atoms with van der Waals surface area (Å²) in [6.45, 7) is 6.54. The molecular formula is C10H19N4. The Balaban J connectivity index is 2.44. The van der Waals surface area contributed by atoms with Crippen molar-refractivity contribution in [3.63, 3.8) is 0 Å². The zero-order valence-corrected chi connectivity index (χ0v) is 9.08. The Hall–Kier alpha value is -1.06. The predicted molar refractivity (Wildman–Crippen MR) is 57.2 cm³/mol. The number of unbranched alkanes of at least 4 members (excludes halogenated alkanes) is 2. The van der Waals surface area contributed by atoms with Crippen LogP contribution < -0.4 is 4.90 Å². The molecule has 1 heterocycles. The van der Waals surface area contributed by atoms with Crippen LogP contribution in [0.4, 0.5) is 5.82 Å². The Morgan fingerprint density at radius 2 is 1.86 bits per heavy atom. The largest absolute Gasteiger partial charge is 0.355 e. The van der Waals surface area contributed by atoms with Gasteiger partial charge in [-0.15, -0.1) is 5.10 Å². The number of hydrogen-bond donors (Lipinski definition) is 1. The number of aromatic nitrogens is 3. The van der Waals surface area contributed by atoms with E-state index in [4.69, 9.17) is 0 Å². The van der Waals surface area contributed by atoms with E-state index in [1.165, 1.54) is 25.7 Å². The molecule has 1 aromatic heterocycles. The van der Waals surface area contributed by atoms with Gasteiger partial charge in [-0.2, -0.15) is 0 Å². The summed E-state index contributed by atoms with van der Waals surface area (Å²) in [5.41, 5.74) is 0. The molecule has 0 saturated carbocycles. The van der Waals surface area contributed by atoms with Crippen LogP contribution in [0, 0.1) is 6.20 Å². The summed E-state index contributed by atoms with van der Waals surface area (Å²) in [4.78, 5) is 2.27. The highest BCUT2D eigenvalue weighted by atomic mass is 15.4. The summed E-state index contributed by atoms with van der Waals surface area (Å²) in [6, 6.07) is 0. The SMILES string of the molecule is CCCCN(CCCC)c1[c]nn[nH]1. The standard InChI is InChI=1S/C10H19N4/c1-3-5-7-14(8-6-4-2)10-9-11-13-12-10/h3-8H2,1-2H3,(H,11,12,13). The van der Waals surface area contributed by atoms with Crippen molar-refractivity contribution < 1.29 is 0 Å². The van der Waals surface area contributed by atoms with Crippen LogP contribution in [0.3, 0.4) is 0 Å². The number of nitrogens with one attached hydrogen (secondary N) is 1. The van der Waals surface area contributed by atoms with Crippen LogP contribution >= 0.6 is 0 Å². The molecule has 0 unspecified atom stereocenters. The highest BCUT2D eigenvalue weighted by Crippen LogP contribution is 2.09. The fourth-order valence-corrected chi connectivity index (χ4v) is 1.34. The van der Waals surface area contributed by atoms with Gasteiger partial charge in [-0.1, -0.05) is 31.9 Å². The molecular weight excluding hydrogens is 176 g/mol. The first-order valence-electron chi connectivity index (χ1n) is 5.42. The lowest BCUT2D eigenvalue weighted by Crippen LogP contribution is -2.26. The van der Waals surface area contributed by atoms with Gasteiger partial charge in [0.1, 0.15) is 0 Å². The molecule has 4 heteroatoms. The first-order valence-corrected chi connectivity index (χ1v) is 5.42. The number of rotatable bonds is 7. The zero-order valence-electron chi connectivity index (χ0n) is 9.08. The van der Waals surface area contributed by atoms with E-state index in [9.17, 15) is 0 Å². The maximum Gasteiger partial charge on any atom is 0.161 e. The Bertz CT molecular complexity index is 212. The molecule has 0 bridgehead atoms. The van der Waals surface area contributed by atoms with Gasteiger partial charge < -0.3 is 4.90 Å². The Morgan fingerprint density at radius 3 is 2.29 bits per heavy atom. The van der Waals surface area contributed by atoms with Crippen molar-refractivity contribution in [3.05, 3.63) is 6.20 Å². The lowest BCUT2D eigenvalue weighted by Gasteiger charge is -2.21. The first kappa shape index (κ1) is 11.0. The molecule has 4 nitrogen and oxygen atoms in total. The van der Waals surface area contributed by atoms with Crippen LogP contribution in [0.25, 0.3) is 0 Å². The molecule has 0 aliphatic rings. The van der Waals surface area contributed by atoms with Crippen molar-refractivity contribution >= 4 is 5.82 Å². The molecule has 0 fully saturated rings. The van der Waals surface area contributed by atoms with Gasteiger partial charge in [-0.3, -0.25) is 0 Å². The first-order chi connectivity index (χ1) is 6.88. The van der Waals surface area contributed by atoms with Crippen LogP contribution in [0.15, 0.2) is 0 Å². The van der Waals surface area contributed by atoms with Crippen LogP contribution in [0.5, 0.6) is 0 Å². The van der Waals surface area contributed by atoms with Crippen molar-refractivity contribution in [1.82, 2.24) is 15.4 Å². The van der Waals surface area contributed by atoms with Gasteiger partial charge in [-0.05, 0) is 12.8 Å². The summed E-state index contributed by atoms with van der Waals surface area (Å²) >= 11 is 0. The molecule has 0 aliphatic heterocycles. The zero-order chi connectivity index (χ0) is 10.2. The van der Waals surface area contributed by atoms with Gasteiger partial charge in [0, 0.05) is 13.1 Å². The predicted octanol–water partition coefficient (Wildman–Crippen LogP) is 2.01. The fourth-order valence-electron chi connectivity index (χ4n) is 1.34. The topological polar surface area (TPSA) is 44.8 Å². The van der Waals surface area contributed by atoms with Crippen molar-refractivity contribution in [1.29, 1.82) is 0 Å². The third-order valence-electron chi connectivity index (χ3n) is 2.24. The summed E-state index contributed by atoms with van der Waals surface area (Å²) in [5, 5.41) is 10.2. The smallest absolute Gasteiger partial charge is 0.161 e. The molecule has 1 N–H and O–H groups in total. The highest BCUT2D eigenvalue weighted by Gasteiger charge is 2.06. The summed E-state index contributed by atoms with van der Waals surface area (Å²) in [6.07, 6.45) is 7.70. The fraction of sp³-hybridized carbons (Fsp3) is 0.800. The van der Waals surface area contributed by atoms with E-state index < -0.39 is 0 Å². The van der Waals surface area contributed by atoms with Crippen molar-refractivity contribution in [2.75, 3.05) is 18.0 Å². The Labute approximate surface area is 85.7 Å². The summed E-state index contributed by atoms with van der Waals surface area (Å²) < 4.78 is 0. The second kappa shape index (κ2) is 6.40. The van der Waals surface area contributed by atoms with Crippen LogP contribution in [0.2, 0.25) is 0 Å². The van der Waals surface area contributed by atoms with E-state index >= 15 is 0 Å². The second-order valence-corrected chi connectivity index (χ2v) is 3.47. The number of aromatic amines is 1. The Kier molecular flexibility index (Phi) is 5.04. The van der Waals surface area contributed by atoms with E-state index in [2.05, 4.69) is 40.4 Å². The average Bonchev–Trinajstić information content (AvgIpc) is 2.71. The normalized spacial score (nSPS) is 10.4. The molecule has 0 aromatic carbocycles. The van der Waals surface area contributed by atoms with Crippen LogP contribution in [-0.4, -0.2) is 28.5 Å². The average molecular weight is 195 g/mol. The van der Waals surface area contributed by atoms with Crippen molar-refractivity contribution in [3.8, 4) is 0 Å². The molecule has 1 radical (unpaired) electrons. The van der Waals surface area contributed by atoms with Gasteiger partial charge in [0.05, 0.1) is 0 Å². The third kappa shape index (κ3) is 3.36. The lowest BCUT2D eigenvalue weighted by molar-refractivity contribution is 0.670. The molecule has 0 amide bonds. The molecule has 0 atom stereocenters. The lowest BCUT2D eigenvalue weighted by atomic mass is 10.2. The van der Waals surface area contributed by atoms with E-state index in [1.807, 2.05) is 0 Å². The Morgan fingerprint density at radius 1 is 1.21 bits per heavy atom. The van der Waals surface area contributed by atoms with Gasteiger partial charge in [-0.25, -0.2) is 5.10 Å². The number of hydrogen-bond acceptors (Lipinski definition) is 3. The maximum absolute atomic E-state index is 3.69. The van der Waals surface area contributed by atoms with Gasteiger partial charge in [0.15, 0.2) is 12.0 Å². The minimum atomic E-state index is 0.923. The quantitative estimate of drug-likeness (QED) is 0.724. The molecule has 0 spiro atoms. The minimum absolute atomic E-state index is 0.923. The molecule has 0 saturated heterocycles. The van der Waals surface area contributed by atoms with Crippen molar-refractivity contribution in [2.24, 2.45) is 0 Å². The van der Waals surface area contributed by atoms with Crippen LogP contribution in [-0.2, 0) is 0 Å². The van der Waals surface area contributed by atoms with E-state index in [1.54, 1.807) is 0 Å². The molecule has 0 aliphatic carbocycles. The molecule has 1 aromatic rings. The monoisotopic (exact) mass is 195 g/mol. The maximum atomic E-state index is 3.69. The molecule has 14 heavy (non-hydrogen) atoms. The van der Waals surface area contributed by atoms with Crippen molar-refractivity contribution in [2.45, 2.75) is 39.5 Å². The van der Waals surface area contributed by atoms with Gasteiger partial charge >= 0.3 is 0 Å². The molecule has 1 rings (SSSR count). The number of nitrogens with zero attached hydrogens (tertiary/aromatic N) is 3. The van der Waals surface area contributed by atoms with Crippen LogP contribution in [0.1, 0.15) is 39.5 Å². The number of anilines is 1. The van der Waals surface area contributed by atoms with E-state index in [-0.39, 0.29) is 0 Å². The van der Waals surface area contributed by atoms with E-state index in [0.29, 0.717) is 0 Å². The summed E-state index contributed by atoms with van der Waals surface area (Å²) in [5.74, 6) is 0.923. The third-order valence-corrected chi connectivity index (χ3v) is 2.24. The highest BCUT2D eigenvalue weighted by molar-refractivity contribution is 5.32. The number of H-pyrrole nitrogens is 1. The summed E-state index contributed by atoms with van der Waals surface area (Å²) in [7, 11) is 0.